The van der Waals surface area contributed by atoms with Crippen LogP contribution in [0.15, 0.2) is 88.1 Å². The van der Waals surface area contributed by atoms with Crippen molar-refractivity contribution in [1.82, 2.24) is 5.43 Å². The van der Waals surface area contributed by atoms with Crippen LogP contribution in [0.3, 0.4) is 0 Å². The molecule has 0 aliphatic rings. The fourth-order valence-corrected chi connectivity index (χ4v) is 2.56. The highest BCUT2D eigenvalue weighted by Gasteiger charge is 2.03. The molecule has 0 fully saturated rings. The third-order valence-electron chi connectivity index (χ3n) is 4.27. The predicted molar refractivity (Wildman–Crippen MR) is 125 cm³/mol. The summed E-state index contributed by atoms with van der Waals surface area (Å²) in [6, 6.07) is 20.6. The number of carbonyl (C=O) groups excluding carboxylic acids is 2. The van der Waals surface area contributed by atoms with E-state index in [9.17, 15) is 14.7 Å². The summed E-state index contributed by atoms with van der Waals surface area (Å²) in [5, 5.41) is 25.1. The first-order valence-electron chi connectivity index (χ1n) is 10.2. The molecule has 0 unspecified atom stereocenters. The Balaban J connectivity index is 1.56. The van der Waals surface area contributed by atoms with Crippen molar-refractivity contribution in [3.63, 3.8) is 0 Å². The molecule has 3 aromatic carbocycles. The second-order valence-corrected chi connectivity index (χ2v) is 6.78. The Labute approximate surface area is 190 Å². The fraction of sp³-hybridized carbons (Fsp3) is 0.125. The molecule has 3 rings (SSSR count). The molecule has 9 nitrogen and oxygen atoms in total. The molecule has 0 radical (unpaired) electrons. The second-order valence-electron chi connectivity index (χ2n) is 6.78. The summed E-state index contributed by atoms with van der Waals surface area (Å²) < 4.78 is 5.11. The molecule has 0 saturated heterocycles. The topological polar surface area (TPSA) is 125 Å². The van der Waals surface area contributed by atoms with Crippen LogP contribution in [-0.4, -0.2) is 29.7 Å². The molecule has 0 spiro atoms. The SMILES string of the molecule is CCC(=O)Oc1ccc(N=Nc2ccc(O)c(C=NNC(=O)CNc3ccccc3)c2)cc1. The second kappa shape index (κ2) is 11.8. The highest BCUT2D eigenvalue weighted by atomic mass is 16.5. The first-order chi connectivity index (χ1) is 16.0. The zero-order valence-corrected chi connectivity index (χ0v) is 17.9. The van der Waals surface area contributed by atoms with Crippen molar-refractivity contribution in [2.75, 3.05) is 11.9 Å². The predicted octanol–water partition coefficient (Wildman–Crippen LogP) is 4.69. The van der Waals surface area contributed by atoms with Crippen LogP contribution in [0.4, 0.5) is 17.1 Å². The molecular formula is C24H23N5O4. The summed E-state index contributed by atoms with van der Waals surface area (Å²) in [7, 11) is 0. The quantitative estimate of drug-likeness (QED) is 0.145. The van der Waals surface area contributed by atoms with Gasteiger partial charge in [-0.2, -0.15) is 15.3 Å². The van der Waals surface area contributed by atoms with E-state index in [2.05, 4.69) is 26.1 Å². The smallest absolute Gasteiger partial charge is 0.310 e. The minimum atomic E-state index is -0.335. The number of hydrazone groups is 1. The number of aromatic hydroxyl groups is 1. The maximum Gasteiger partial charge on any atom is 0.310 e. The molecular weight excluding hydrogens is 422 g/mol. The van der Waals surface area contributed by atoms with Crippen LogP contribution in [0.2, 0.25) is 0 Å². The molecule has 0 saturated carbocycles. The van der Waals surface area contributed by atoms with Crippen molar-refractivity contribution in [3.05, 3.63) is 78.4 Å². The lowest BCUT2D eigenvalue weighted by atomic mass is 10.2. The first-order valence-corrected chi connectivity index (χ1v) is 10.2. The van der Waals surface area contributed by atoms with Gasteiger partial charge >= 0.3 is 5.97 Å². The van der Waals surface area contributed by atoms with E-state index in [1.807, 2.05) is 30.3 Å². The number of phenolic OH excluding ortho intramolecular Hbond substituents is 1. The lowest BCUT2D eigenvalue weighted by Crippen LogP contribution is -2.25. The Morgan fingerprint density at radius 3 is 2.39 bits per heavy atom. The number of carbonyl (C=O) groups is 2. The normalized spacial score (nSPS) is 10.9. The maximum atomic E-state index is 11.9. The van der Waals surface area contributed by atoms with Crippen molar-refractivity contribution in [1.29, 1.82) is 0 Å². The maximum absolute atomic E-state index is 11.9. The summed E-state index contributed by atoms with van der Waals surface area (Å²) in [6.45, 7) is 1.77. The molecule has 0 heterocycles. The van der Waals surface area contributed by atoms with E-state index in [0.29, 0.717) is 29.1 Å². The van der Waals surface area contributed by atoms with Crippen LogP contribution in [-0.2, 0) is 9.59 Å². The van der Waals surface area contributed by atoms with Crippen LogP contribution in [0.5, 0.6) is 11.5 Å². The molecule has 0 bridgehead atoms. The lowest BCUT2D eigenvalue weighted by molar-refractivity contribution is -0.134. The molecule has 0 atom stereocenters. The van der Waals surface area contributed by atoms with Gasteiger partial charge in [0.05, 0.1) is 24.1 Å². The molecule has 3 N–H and O–H groups in total. The number of benzene rings is 3. The number of phenols is 1. The number of para-hydroxylation sites is 1. The molecule has 0 aromatic heterocycles. The molecule has 168 valence electrons. The molecule has 33 heavy (non-hydrogen) atoms. The fourth-order valence-electron chi connectivity index (χ4n) is 2.56. The monoisotopic (exact) mass is 445 g/mol. The van der Waals surface area contributed by atoms with E-state index in [4.69, 9.17) is 4.74 Å². The highest BCUT2D eigenvalue weighted by Crippen LogP contribution is 2.25. The largest absolute Gasteiger partial charge is 0.507 e. The Kier molecular flexibility index (Phi) is 8.24. The molecule has 0 aliphatic carbocycles. The third kappa shape index (κ3) is 7.59. The van der Waals surface area contributed by atoms with Gasteiger partial charge in [0.2, 0.25) is 0 Å². The average Bonchev–Trinajstić information content (AvgIpc) is 2.84. The van der Waals surface area contributed by atoms with Crippen LogP contribution >= 0.6 is 0 Å². The van der Waals surface area contributed by atoms with Crippen molar-refractivity contribution >= 4 is 35.2 Å². The summed E-state index contributed by atoms with van der Waals surface area (Å²) in [6.07, 6.45) is 1.62. The minimum Gasteiger partial charge on any atom is -0.507 e. The van der Waals surface area contributed by atoms with Gasteiger partial charge < -0.3 is 15.2 Å². The number of amides is 1. The van der Waals surface area contributed by atoms with E-state index in [-0.39, 0.29) is 24.2 Å². The van der Waals surface area contributed by atoms with Gasteiger partial charge in [-0.25, -0.2) is 5.43 Å². The van der Waals surface area contributed by atoms with Crippen molar-refractivity contribution in [2.24, 2.45) is 15.3 Å². The average molecular weight is 445 g/mol. The molecule has 1 amide bonds. The van der Waals surface area contributed by atoms with Gasteiger partial charge in [0.1, 0.15) is 11.5 Å². The van der Waals surface area contributed by atoms with Crippen LogP contribution in [0.25, 0.3) is 0 Å². The summed E-state index contributed by atoms with van der Waals surface area (Å²) >= 11 is 0. The Morgan fingerprint density at radius 1 is 0.970 bits per heavy atom. The Morgan fingerprint density at radius 2 is 1.67 bits per heavy atom. The number of rotatable bonds is 9. The van der Waals surface area contributed by atoms with Gasteiger partial charge in [-0.1, -0.05) is 25.1 Å². The minimum absolute atomic E-state index is 0.0172. The number of anilines is 1. The molecule has 3 aromatic rings. The van der Waals surface area contributed by atoms with Gasteiger partial charge in [-0.05, 0) is 54.6 Å². The van der Waals surface area contributed by atoms with Gasteiger partial charge in [0, 0.05) is 17.7 Å². The van der Waals surface area contributed by atoms with E-state index in [0.717, 1.165) is 5.69 Å². The van der Waals surface area contributed by atoms with Crippen LogP contribution in [0, 0.1) is 0 Å². The number of esters is 1. The highest BCUT2D eigenvalue weighted by molar-refractivity contribution is 5.87. The third-order valence-corrected chi connectivity index (χ3v) is 4.27. The summed E-state index contributed by atoms with van der Waals surface area (Å²) in [4.78, 5) is 23.2. The Hall–Kier alpha value is -4.53. The van der Waals surface area contributed by atoms with Crippen molar-refractivity contribution in [2.45, 2.75) is 13.3 Å². The lowest BCUT2D eigenvalue weighted by Gasteiger charge is -2.04. The van der Waals surface area contributed by atoms with E-state index < -0.39 is 0 Å². The van der Waals surface area contributed by atoms with Gasteiger partial charge in [0.25, 0.3) is 5.91 Å². The number of nitrogens with zero attached hydrogens (tertiary/aromatic N) is 3. The van der Waals surface area contributed by atoms with Crippen LogP contribution < -0.4 is 15.5 Å². The molecule has 0 aliphatic heterocycles. The van der Waals surface area contributed by atoms with Crippen LogP contribution in [0.1, 0.15) is 18.9 Å². The van der Waals surface area contributed by atoms with E-state index in [1.165, 1.54) is 12.3 Å². The van der Waals surface area contributed by atoms with Gasteiger partial charge in [0.15, 0.2) is 0 Å². The van der Waals surface area contributed by atoms with Gasteiger partial charge in [-0.15, -0.1) is 0 Å². The number of hydrogen-bond donors (Lipinski definition) is 3. The Bertz CT molecular complexity index is 1150. The number of nitrogens with one attached hydrogen (secondary N) is 2. The zero-order valence-electron chi connectivity index (χ0n) is 17.9. The van der Waals surface area contributed by atoms with E-state index >= 15 is 0 Å². The standard InChI is InChI=1S/C24H23N5O4/c1-2-24(32)33-21-11-8-19(9-12-21)27-28-20-10-13-22(30)17(14-20)15-26-29-23(31)16-25-18-6-4-3-5-7-18/h3-15,25,30H,2,16H2,1H3,(H,29,31). The number of hydrogen-bond acceptors (Lipinski definition) is 8. The number of ether oxygens (including phenoxy) is 1. The van der Waals surface area contributed by atoms with Crippen molar-refractivity contribution < 1.29 is 19.4 Å². The first kappa shape index (κ1) is 23.1. The zero-order chi connectivity index (χ0) is 23.5. The van der Waals surface area contributed by atoms with Crippen molar-refractivity contribution in [3.8, 4) is 11.5 Å². The van der Waals surface area contributed by atoms with Gasteiger partial charge in [-0.3, -0.25) is 9.59 Å². The van der Waals surface area contributed by atoms with E-state index in [1.54, 1.807) is 43.3 Å². The molecule has 9 heteroatoms. The summed E-state index contributed by atoms with van der Waals surface area (Å²) in [5.74, 6) is -0.230. The number of azo groups is 1. The summed E-state index contributed by atoms with van der Waals surface area (Å²) in [5.41, 5.74) is 4.63.